The van der Waals surface area contributed by atoms with Crippen LogP contribution in [0.4, 0.5) is 5.69 Å². The molecule has 0 saturated carbocycles. The van der Waals surface area contributed by atoms with E-state index in [0.29, 0.717) is 10.0 Å². The predicted molar refractivity (Wildman–Crippen MR) is 84.7 cm³/mol. The molecule has 0 fully saturated rings. The van der Waals surface area contributed by atoms with Crippen molar-refractivity contribution >= 4 is 39.8 Å². The fraction of sp³-hybridized carbons (Fsp3) is 0.400. The van der Waals surface area contributed by atoms with Crippen molar-refractivity contribution in [2.45, 2.75) is 33.6 Å². The fourth-order valence-electron chi connectivity index (χ4n) is 2.26. The highest BCUT2D eigenvalue weighted by atomic mass is 35.5. The van der Waals surface area contributed by atoms with Gasteiger partial charge in [-0.15, -0.1) is 0 Å². The van der Waals surface area contributed by atoms with Crippen LogP contribution in [-0.4, -0.2) is 11.5 Å². The lowest BCUT2D eigenvalue weighted by Crippen LogP contribution is -2.06. The summed E-state index contributed by atoms with van der Waals surface area (Å²) in [6, 6.07) is 3.68. The normalized spacial score (nSPS) is 11.0. The molecule has 0 bridgehead atoms. The van der Waals surface area contributed by atoms with Crippen LogP contribution in [0.5, 0.6) is 0 Å². The number of nitrogens with zero attached hydrogens (tertiary/aromatic N) is 1. The molecular weight excluding hydrogens is 279 g/mol. The van der Waals surface area contributed by atoms with Gasteiger partial charge in [-0.1, -0.05) is 37.0 Å². The highest BCUT2D eigenvalue weighted by molar-refractivity contribution is 6.38. The number of nitrogens with one attached hydrogen (secondary N) is 1. The first-order valence-corrected chi connectivity index (χ1v) is 7.36. The van der Waals surface area contributed by atoms with E-state index < -0.39 is 0 Å². The Morgan fingerprint density at radius 2 is 1.95 bits per heavy atom. The van der Waals surface area contributed by atoms with Crippen molar-refractivity contribution in [3.63, 3.8) is 0 Å². The molecule has 0 aliphatic rings. The third kappa shape index (κ3) is 2.80. The molecule has 4 heteroatoms. The molecule has 1 aromatic heterocycles. The summed E-state index contributed by atoms with van der Waals surface area (Å²) in [5.41, 5.74) is 4.19. The molecule has 1 aromatic carbocycles. The van der Waals surface area contributed by atoms with Gasteiger partial charge < -0.3 is 5.32 Å². The SMILES string of the molecule is CCCNc1c(C)c(CC)nc2c(Cl)cc(Cl)cc12. The Kier molecular flexibility index (Phi) is 4.54. The van der Waals surface area contributed by atoms with E-state index in [1.807, 2.05) is 6.07 Å². The van der Waals surface area contributed by atoms with Crippen LogP contribution in [0.3, 0.4) is 0 Å². The van der Waals surface area contributed by atoms with Crippen LogP contribution in [0.15, 0.2) is 12.1 Å². The first-order valence-electron chi connectivity index (χ1n) is 6.60. The molecule has 0 aliphatic carbocycles. The van der Waals surface area contributed by atoms with Crippen molar-refractivity contribution in [1.29, 1.82) is 0 Å². The maximum atomic E-state index is 6.27. The summed E-state index contributed by atoms with van der Waals surface area (Å²) in [6.45, 7) is 7.27. The first-order chi connectivity index (χ1) is 9.08. The lowest BCUT2D eigenvalue weighted by Gasteiger charge is -2.16. The minimum atomic E-state index is 0.608. The molecule has 102 valence electrons. The zero-order valence-corrected chi connectivity index (χ0v) is 13.0. The predicted octanol–water partition coefficient (Wildman–Crippen LogP) is 5.23. The summed E-state index contributed by atoms with van der Waals surface area (Å²) in [7, 11) is 0. The highest BCUT2D eigenvalue weighted by Gasteiger charge is 2.13. The van der Waals surface area contributed by atoms with Gasteiger partial charge in [-0.25, -0.2) is 0 Å². The number of hydrogen-bond acceptors (Lipinski definition) is 2. The van der Waals surface area contributed by atoms with Crippen LogP contribution in [-0.2, 0) is 6.42 Å². The van der Waals surface area contributed by atoms with E-state index in [-0.39, 0.29) is 0 Å². The van der Waals surface area contributed by atoms with Crippen LogP contribution in [0, 0.1) is 6.92 Å². The van der Waals surface area contributed by atoms with Crippen LogP contribution in [0.2, 0.25) is 10.0 Å². The quantitative estimate of drug-likeness (QED) is 0.835. The minimum Gasteiger partial charge on any atom is -0.384 e. The Bertz CT molecular complexity index is 609. The zero-order chi connectivity index (χ0) is 14.0. The molecule has 19 heavy (non-hydrogen) atoms. The van der Waals surface area contributed by atoms with Crippen molar-refractivity contribution in [3.05, 3.63) is 33.4 Å². The standard InChI is InChI=1S/C15H18Cl2N2/c1-4-6-18-14-9(3)13(5-2)19-15-11(14)7-10(16)8-12(15)17/h7-8H,4-6H2,1-3H3,(H,18,19). The van der Waals surface area contributed by atoms with E-state index in [9.17, 15) is 0 Å². The number of benzene rings is 1. The molecule has 0 spiro atoms. The Morgan fingerprint density at radius 1 is 1.21 bits per heavy atom. The average Bonchev–Trinajstić information content (AvgIpc) is 2.37. The highest BCUT2D eigenvalue weighted by Crippen LogP contribution is 2.34. The molecule has 0 unspecified atom stereocenters. The summed E-state index contributed by atoms with van der Waals surface area (Å²) in [6.07, 6.45) is 1.96. The van der Waals surface area contributed by atoms with Crippen molar-refractivity contribution in [3.8, 4) is 0 Å². The van der Waals surface area contributed by atoms with Gasteiger partial charge in [-0.05, 0) is 37.5 Å². The Labute approximate surface area is 124 Å². The monoisotopic (exact) mass is 296 g/mol. The topological polar surface area (TPSA) is 24.9 Å². The Hall–Kier alpha value is -0.990. The maximum Gasteiger partial charge on any atom is 0.0913 e. The number of halogens is 2. The molecule has 0 aliphatic heterocycles. The van der Waals surface area contributed by atoms with Crippen molar-refractivity contribution in [1.82, 2.24) is 4.98 Å². The largest absolute Gasteiger partial charge is 0.384 e. The van der Waals surface area contributed by atoms with Crippen LogP contribution >= 0.6 is 23.2 Å². The fourth-order valence-corrected chi connectivity index (χ4v) is 2.79. The summed E-state index contributed by atoms with van der Waals surface area (Å²) in [4.78, 5) is 4.67. The van der Waals surface area contributed by atoms with Gasteiger partial charge in [-0.2, -0.15) is 0 Å². The van der Waals surface area contributed by atoms with Crippen LogP contribution in [0.25, 0.3) is 10.9 Å². The number of pyridine rings is 1. The van der Waals surface area contributed by atoms with Gasteiger partial charge in [0.2, 0.25) is 0 Å². The van der Waals surface area contributed by atoms with Gasteiger partial charge in [0.25, 0.3) is 0 Å². The molecule has 0 atom stereocenters. The molecule has 2 aromatic rings. The number of aryl methyl sites for hydroxylation is 1. The van der Waals surface area contributed by atoms with E-state index in [0.717, 1.165) is 41.7 Å². The van der Waals surface area contributed by atoms with Gasteiger partial charge >= 0.3 is 0 Å². The van der Waals surface area contributed by atoms with E-state index in [2.05, 4.69) is 31.1 Å². The minimum absolute atomic E-state index is 0.608. The lowest BCUT2D eigenvalue weighted by molar-refractivity contribution is 0.970. The second-order valence-electron chi connectivity index (χ2n) is 4.62. The molecule has 0 radical (unpaired) electrons. The number of hydrogen-bond donors (Lipinski definition) is 1. The second kappa shape index (κ2) is 5.98. The van der Waals surface area contributed by atoms with E-state index in [1.54, 1.807) is 6.07 Å². The smallest absolute Gasteiger partial charge is 0.0913 e. The van der Waals surface area contributed by atoms with Gasteiger partial charge in [-0.3, -0.25) is 4.98 Å². The third-order valence-corrected chi connectivity index (χ3v) is 3.75. The third-order valence-electron chi connectivity index (χ3n) is 3.24. The second-order valence-corrected chi connectivity index (χ2v) is 5.47. The van der Waals surface area contributed by atoms with Crippen molar-refractivity contribution in [2.24, 2.45) is 0 Å². The number of rotatable bonds is 4. The first kappa shape index (κ1) is 14.4. The molecule has 2 nitrogen and oxygen atoms in total. The van der Waals surface area contributed by atoms with Crippen LogP contribution in [0.1, 0.15) is 31.5 Å². The van der Waals surface area contributed by atoms with E-state index in [4.69, 9.17) is 23.2 Å². The Morgan fingerprint density at radius 3 is 2.58 bits per heavy atom. The van der Waals surface area contributed by atoms with Gasteiger partial charge in [0.1, 0.15) is 0 Å². The molecular formula is C15H18Cl2N2. The molecule has 2 rings (SSSR count). The number of aromatic nitrogens is 1. The average molecular weight is 297 g/mol. The van der Waals surface area contributed by atoms with Crippen LogP contribution < -0.4 is 5.32 Å². The molecule has 1 heterocycles. The zero-order valence-electron chi connectivity index (χ0n) is 11.5. The molecule has 1 N–H and O–H groups in total. The lowest BCUT2D eigenvalue weighted by atomic mass is 10.1. The van der Waals surface area contributed by atoms with Gasteiger partial charge in [0.15, 0.2) is 0 Å². The van der Waals surface area contributed by atoms with Gasteiger partial charge in [0, 0.05) is 28.3 Å². The molecule has 0 saturated heterocycles. The van der Waals surface area contributed by atoms with Gasteiger partial charge in [0.05, 0.1) is 10.5 Å². The number of anilines is 1. The summed E-state index contributed by atoms with van der Waals surface area (Å²) >= 11 is 12.4. The Balaban J connectivity index is 2.75. The summed E-state index contributed by atoms with van der Waals surface area (Å²) < 4.78 is 0. The molecule has 0 amide bonds. The number of fused-ring (bicyclic) bond motifs is 1. The van der Waals surface area contributed by atoms with Crippen molar-refractivity contribution < 1.29 is 0 Å². The summed E-state index contributed by atoms with van der Waals surface area (Å²) in [5, 5.41) is 5.73. The van der Waals surface area contributed by atoms with E-state index in [1.165, 1.54) is 5.56 Å². The van der Waals surface area contributed by atoms with Crippen molar-refractivity contribution in [2.75, 3.05) is 11.9 Å². The summed E-state index contributed by atoms with van der Waals surface area (Å²) in [5.74, 6) is 0. The maximum absolute atomic E-state index is 6.27. The van der Waals surface area contributed by atoms with E-state index >= 15 is 0 Å².